The number of hydrogen-bond acceptors (Lipinski definition) is 5. The smallest absolute Gasteiger partial charge is 0.255 e. The Morgan fingerprint density at radius 2 is 1.78 bits per heavy atom. The van der Waals surface area contributed by atoms with E-state index in [-0.39, 0.29) is 11.9 Å². The van der Waals surface area contributed by atoms with Crippen molar-refractivity contribution < 1.29 is 4.79 Å². The topological polar surface area (TPSA) is 54.3 Å². The number of aryl methyl sites for hydroxylation is 1. The summed E-state index contributed by atoms with van der Waals surface area (Å²) in [6, 6.07) is 14.7. The Morgan fingerprint density at radius 1 is 1.03 bits per heavy atom. The zero-order chi connectivity index (χ0) is 22.2. The van der Waals surface area contributed by atoms with Crippen LogP contribution in [0.15, 0.2) is 54.2 Å². The van der Waals surface area contributed by atoms with Crippen molar-refractivity contribution in [2.45, 2.75) is 26.8 Å². The van der Waals surface area contributed by atoms with Crippen molar-refractivity contribution in [1.82, 2.24) is 19.4 Å². The number of fused-ring (bicyclic) bond motifs is 1. The predicted octanol–water partition coefficient (Wildman–Crippen LogP) is 4.68. The van der Waals surface area contributed by atoms with Gasteiger partial charge in [0, 0.05) is 37.6 Å². The van der Waals surface area contributed by atoms with Gasteiger partial charge in [-0.25, -0.2) is 9.97 Å². The summed E-state index contributed by atoms with van der Waals surface area (Å²) in [6.45, 7) is 9.25. The molecule has 3 aromatic heterocycles. The first-order chi connectivity index (χ1) is 15.5. The summed E-state index contributed by atoms with van der Waals surface area (Å²) in [7, 11) is 0. The van der Waals surface area contributed by atoms with Gasteiger partial charge in [-0.1, -0.05) is 30.3 Å². The highest BCUT2D eigenvalue weighted by Crippen LogP contribution is 2.29. The van der Waals surface area contributed by atoms with Crippen LogP contribution in [0, 0.1) is 13.8 Å². The Morgan fingerprint density at radius 3 is 2.53 bits per heavy atom. The van der Waals surface area contributed by atoms with Crippen LogP contribution in [0.3, 0.4) is 0 Å². The van der Waals surface area contributed by atoms with Crippen molar-refractivity contribution in [3.63, 3.8) is 0 Å². The van der Waals surface area contributed by atoms with Crippen molar-refractivity contribution in [3.05, 3.63) is 76.7 Å². The summed E-state index contributed by atoms with van der Waals surface area (Å²) in [6.07, 6.45) is 1.63. The van der Waals surface area contributed by atoms with E-state index < -0.39 is 0 Å². The Bertz CT molecular complexity index is 1250. The standard InChI is InChI=1S/C25H27N5OS/c1-17-15-22(19(3)30(17)18(2)20-7-5-4-6-8-20)25(31)29-12-10-28(11-13-29)23-21-9-14-32-24(21)27-16-26-23/h4-9,14-16,18H,10-13H2,1-3H3. The lowest BCUT2D eigenvalue weighted by Gasteiger charge is -2.35. The molecular formula is C25H27N5OS. The van der Waals surface area contributed by atoms with Crippen LogP contribution in [0.5, 0.6) is 0 Å². The molecule has 164 valence electrons. The highest BCUT2D eigenvalue weighted by Gasteiger charge is 2.27. The summed E-state index contributed by atoms with van der Waals surface area (Å²) in [4.78, 5) is 27.5. The van der Waals surface area contributed by atoms with E-state index in [0.29, 0.717) is 13.1 Å². The fourth-order valence-electron chi connectivity index (χ4n) is 4.79. The van der Waals surface area contributed by atoms with E-state index in [0.717, 1.165) is 46.1 Å². The quantitative estimate of drug-likeness (QED) is 0.458. The van der Waals surface area contributed by atoms with Gasteiger partial charge in [0.15, 0.2) is 0 Å². The van der Waals surface area contributed by atoms with E-state index >= 15 is 0 Å². The van der Waals surface area contributed by atoms with Crippen molar-refractivity contribution in [2.75, 3.05) is 31.1 Å². The van der Waals surface area contributed by atoms with Gasteiger partial charge in [-0.05, 0) is 43.8 Å². The van der Waals surface area contributed by atoms with Crippen molar-refractivity contribution in [1.29, 1.82) is 0 Å². The van der Waals surface area contributed by atoms with Gasteiger partial charge in [0.25, 0.3) is 5.91 Å². The molecular weight excluding hydrogens is 418 g/mol. The number of rotatable bonds is 4. The van der Waals surface area contributed by atoms with Crippen LogP contribution in [-0.2, 0) is 0 Å². The first-order valence-corrected chi connectivity index (χ1v) is 11.9. The normalized spacial score (nSPS) is 15.3. The van der Waals surface area contributed by atoms with Crippen LogP contribution in [0.1, 0.15) is 40.3 Å². The van der Waals surface area contributed by atoms with E-state index in [1.165, 1.54) is 5.56 Å². The SMILES string of the molecule is Cc1cc(C(=O)N2CCN(c3ncnc4sccc34)CC2)c(C)n1C(C)c1ccccc1. The minimum absolute atomic E-state index is 0.118. The molecule has 1 aliphatic heterocycles. The first-order valence-electron chi connectivity index (χ1n) is 11.0. The lowest BCUT2D eigenvalue weighted by atomic mass is 10.1. The number of thiophene rings is 1. The predicted molar refractivity (Wildman–Crippen MR) is 130 cm³/mol. The number of nitrogens with zero attached hydrogens (tertiary/aromatic N) is 5. The Hall–Kier alpha value is -3.19. The molecule has 0 spiro atoms. The zero-order valence-electron chi connectivity index (χ0n) is 18.7. The van der Waals surface area contributed by atoms with Gasteiger partial charge in [-0.3, -0.25) is 4.79 Å². The van der Waals surface area contributed by atoms with Gasteiger partial charge in [0.2, 0.25) is 0 Å². The third-order valence-corrected chi connectivity index (χ3v) is 7.31. The maximum Gasteiger partial charge on any atom is 0.255 e. The van der Waals surface area contributed by atoms with Crippen LogP contribution in [0.2, 0.25) is 0 Å². The summed E-state index contributed by atoms with van der Waals surface area (Å²) in [5, 5.41) is 3.14. The summed E-state index contributed by atoms with van der Waals surface area (Å²) in [5.74, 6) is 1.09. The summed E-state index contributed by atoms with van der Waals surface area (Å²) < 4.78 is 2.27. The molecule has 0 bridgehead atoms. The molecule has 1 aliphatic rings. The second-order valence-corrected chi connectivity index (χ2v) is 9.25. The lowest BCUT2D eigenvalue weighted by molar-refractivity contribution is 0.0745. The first kappa shape index (κ1) is 20.7. The van der Waals surface area contributed by atoms with Crippen molar-refractivity contribution in [2.24, 2.45) is 0 Å². The second-order valence-electron chi connectivity index (χ2n) is 8.36. The maximum absolute atomic E-state index is 13.4. The number of hydrogen-bond donors (Lipinski definition) is 0. The highest BCUT2D eigenvalue weighted by molar-refractivity contribution is 7.16. The average molecular weight is 446 g/mol. The monoisotopic (exact) mass is 445 g/mol. The lowest BCUT2D eigenvalue weighted by Crippen LogP contribution is -2.49. The number of carbonyl (C=O) groups is 1. The fourth-order valence-corrected chi connectivity index (χ4v) is 5.52. The van der Waals surface area contributed by atoms with Crippen LogP contribution in [0.4, 0.5) is 5.82 Å². The molecule has 1 unspecified atom stereocenters. The highest BCUT2D eigenvalue weighted by atomic mass is 32.1. The van der Waals surface area contributed by atoms with Crippen LogP contribution < -0.4 is 4.90 Å². The third-order valence-electron chi connectivity index (χ3n) is 6.49. The molecule has 5 rings (SSSR count). The number of anilines is 1. The fraction of sp³-hybridized carbons (Fsp3) is 0.320. The number of amides is 1. The number of aromatic nitrogens is 3. The van der Waals surface area contributed by atoms with E-state index in [1.807, 2.05) is 17.0 Å². The van der Waals surface area contributed by atoms with E-state index in [2.05, 4.69) is 75.9 Å². The molecule has 0 saturated carbocycles. The van der Waals surface area contributed by atoms with Crippen LogP contribution >= 0.6 is 11.3 Å². The number of carbonyl (C=O) groups excluding carboxylic acids is 1. The minimum Gasteiger partial charge on any atom is -0.352 e. The molecule has 1 saturated heterocycles. The van der Waals surface area contributed by atoms with Gasteiger partial charge in [-0.2, -0.15) is 0 Å². The Balaban J connectivity index is 1.33. The molecule has 4 aromatic rings. The van der Waals surface area contributed by atoms with Crippen molar-refractivity contribution in [3.8, 4) is 0 Å². The molecule has 32 heavy (non-hydrogen) atoms. The number of piperazine rings is 1. The molecule has 0 aliphatic carbocycles. The Kier molecular flexibility index (Phi) is 5.43. The molecule has 0 N–H and O–H groups in total. The molecule has 7 heteroatoms. The molecule has 6 nitrogen and oxygen atoms in total. The van der Waals surface area contributed by atoms with Crippen LogP contribution in [-0.4, -0.2) is 51.5 Å². The number of benzene rings is 1. The molecule has 1 amide bonds. The largest absolute Gasteiger partial charge is 0.352 e. The van der Waals surface area contributed by atoms with E-state index in [4.69, 9.17) is 0 Å². The summed E-state index contributed by atoms with van der Waals surface area (Å²) in [5.41, 5.74) is 4.19. The third kappa shape index (κ3) is 3.56. The molecule has 1 aromatic carbocycles. The van der Waals surface area contributed by atoms with E-state index in [1.54, 1.807) is 17.7 Å². The summed E-state index contributed by atoms with van der Waals surface area (Å²) >= 11 is 1.63. The van der Waals surface area contributed by atoms with Gasteiger partial charge in [-0.15, -0.1) is 11.3 Å². The van der Waals surface area contributed by atoms with Gasteiger partial charge in [0.1, 0.15) is 17.0 Å². The Labute approximate surface area is 192 Å². The van der Waals surface area contributed by atoms with Crippen molar-refractivity contribution >= 4 is 33.3 Å². The second kappa shape index (κ2) is 8.39. The maximum atomic E-state index is 13.4. The van der Waals surface area contributed by atoms with Gasteiger partial charge < -0.3 is 14.4 Å². The minimum atomic E-state index is 0.118. The van der Waals surface area contributed by atoms with Gasteiger partial charge in [0.05, 0.1) is 17.0 Å². The van der Waals surface area contributed by atoms with Crippen LogP contribution in [0.25, 0.3) is 10.2 Å². The van der Waals surface area contributed by atoms with Gasteiger partial charge >= 0.3 is 0 Å². The molecule has 0 radical (unpaired) electrons. The molecule has 4 heterocycles. The average Bonchev–Trinajstić information content (AvgIpc) is 3.43. The molecule has 1 atom stereocenters. The molecule has 1 fully saturated rings. The zero-order valence-corrected chi connectivity index (χ0v) is 19.5. The van der Waals surface area contributed by atoms with E-state index in [9.17, 15) is 4.79 Å².